The molecule has 4 aromatic rings. The lowest BCUT2D eigenvalue weighted by Gasteiger charge is -2.04. The van der Waals surface area contributed by atoms with Crippen molar-refractivity contribution in [1.82, 2.24) is 4.57 Å². The first-order valence-corrected chi connectivity index (χ1v) is 9.64. The van der Waals surface area contributed by atoms with Gasteiger partial charge in [-0.2, -0.15) is 4.99 Å². The highest BCUT2D eigenvalue weighted by molar-refractivity contribution is 7.16. The van der Waals surface area contributed by atoms with Gasteiger partial charge >= 0.3 is 0 Å². The predicted molar refractivity (Wildman–Crippen MR) is 110 cm³/mol. The van der Waals surface area contributed by atoms with Gasteiger partial charge in [-0.05, 0) is 47.5 Å². The number of carbonyl (C=O) groups is 1. The van der Waals surface area contributed by atoms with Gasteiger partial charge in [0.1, 0.15) is 0 Å². The first-order valence-electron chi connectivity index (χ1n) is 8.82. The lowest BCUT2D eigenvalue weighted by molar-refractivity contribution is 0.0997. The number of ether oxygens (including phenoxy) is 1. The molecule has 0 aliphatic carbocycles. The van der Waals surface area contributed by atoms with E-state index in [-0.39, 0.29) is 5.91 Å². The average molecular weight is 376 g/mol. The van der Waals surface area contributed by atoms with Gasteiger partial charge in [-0.15, -0.1) is 0 Å². The van der Waals surface area contributed by atoms with Crippen molar-refractivity contribution in [2.24, 2.45) is 4.99 Å². The number of carbonyl (C=O) groups excluding carboxylic acids is 1. The van der Waals surface area contributed by atoms with Gasteiger partial charge < -0.3 is 9.30 Å². The Kier molecular flexibility index (Phi) is 4.88. The van der Waals surface area contributed by atoms with E-state index in [4.69, 9.17) is 4.74 Å². The fourth-order valence-electron chi connectivity index (χ4n) is 3.14. The fourth-order valence-corrected chi connectivity index (χ4v) is 4.29. The van der Waals surface area contributed by atoms with Crippen molar-refractivity contribution in [3.05, 3.63) is 76.6 Å². The number of aryl methyl sites for hydroxylation is 1. The zero-order chi connectivity index (χ0) is 18.8. The Hall–Kier alpha value is -2.76. The number of fused-ring (bicyclic) bond motifs is 2. The van der Waals surface area contributed by atoms with Crippen molar-refractivity contribution < 1.29 is 9.53 Å². The van der Waals surface area contributed by atoms with Crippen molar-refractivity contribution in [2.45, 2.75) is 13.5 Å². The second-order valence-electron chi connectivity index (χ2n) is 6.48. The highest BCUT2D eigenvalue weighted by atomic mass is 32.1. The lowest BCUT2D eigenvalue weighted by Crippen LogP contribution is -2.19. The lowest BCUT2D eigenvalue weighted by atomic mass is 10.1. The van der Waals surface area contributed by atoms with E-state index in [1.165, 1.54) is 16.9 Å². The maximum Gasteiger partial charge on any atom is 0.279 e. The molecule has 0 radical (unpaired) electrons. The molecule has 0 bridgehead atoms. The Morgan fingerprint density at radius 3 is 2.70 bits per heavy atom. The van der Waals surface area contributed by atoms with E-state index in [0.29, 0.717) is 23.5 Å². The highest BCUT2D eigenvalue weighted by Gasteiger charge is 2.10. The van der Waals surface area contributed by atoms with E-state index in [9.17, 15) is 4.79 Å². The minimum Gasteiger partial charge on any atom is -0.383 e. The largest absolute Gasteiger partial charge is 0.383 e. The van der Waals surface area contributed by atoms with Gasteiger partial charge in [-0.1, -0.05) is 47.7 Å². The molecular weight excluding hydrogens is 356 g/mol. The van der Waals surface area contributed by atoms with Gasteiger partial charge in [-0.3, -0.25) is 4.79 Å². The zero-order valence-corrected chi connectivity index (χ0v) is 16.1. The number of hydrogen-bond donors (Lipinski definition) is 0. The average Bonchev–Trinajstić information content (AvgIpc) is 3.01. The predicted octanol–water partition coefficient (Wildman–Crippen LogP) is 4.55. The Morgan fingerprint density at radius 2 is 1.89 bits per heavy atom. The Balaban J connectivity index is 1.81. The summed E-state index contributed by atoms with van der Waals surface area (Å²) >= 11 is 1.54. The zero-order valence-electron chi connectivity index (χ0n) is 15.3. The number of amides is 1. The maximum atomic E-state index is 12.8. The van der Waals surface area contributed by atoms with Crippen LogP contribution in [0.1, 0.15) is 15.9 Å². The third-order valence-corrected chi connectivity index (χ3v) is 5.59. The second-order valence-corrected chi connectivity index (χ2v) is 7.49. The van der Waals surface area contributed by atoms with Gasteiger partial charge in [0.25, 0.3) is 5.91 Å². The van der Waals surface area contributed by atoms with E-state index >= 15 is 0 Å². The molecule has 0 spiro atoms. The first-order chi connectivity index (χ1) is 13.2. The summed E-state index contributed by atoms with van der Waals surface area (Å²) < 4.78 is 8.42. The molecule has 0 saturated heterocycles. The molecule has 1 heterocycles. The Morgan fingerprint density at radius 1 is 1.07 bits per heavy atom. The molecule has 0 saturated carbocycles. The van der Waals surface area contributed by atoms with Crippen LogP contribution in [-0.2, 0) is 11.3 Å². The molecule has 1 aromatic heterocycles. The molecule has 5 heteroatoms. The van der Waals surface area contributed by atoms with Crippen LogP contribution in [0.25, 0.3) is 21.0 Å². The number of benzene rings is 3. The molecule has 136 valence electrons. The number of rotatable bonds is 4. The molecule has 0 atom stereocenters. The normalized spacial score (nSPS) is 12.1. The van der Waals surface area contributed by atoms with Gasteiger partial charge in [-0.25, -0.2) is 0 Å². The minimum absolute atomic E-state index is 0.227. The van der Waals surface area contributed by atoms with Crippen LogP contribution in [0.15, 0.2) is 65.7 Å². The highest BCUT2D eigenvalue weighted by Crippen LogP contribution is 2.20. The molecular formula is C22H20N2O2S. The summed E-state index contributed by atoms with van der Waals surface area (Å²) in [4.78, 5) is 18.0. The maximum absolute atomic E-state index is 12.8. The van der Waals surface area contributed by atoms with E-state index < -0.39 is 0 Å². The van der Waals surface area contributed by atoms with Crippen molar-refractivity contribution in [1.29, 1.82) is 0 Å². The number of thiazole rings is 1. The van der Waals surface area contributed by atoms with Crippen LogP contribution in [-0.4, -0.2) is 24.2 Å². The SMILES string of the molecule is COCCn1c(=NC(=O)c2ccc3ccccc3c2)sc2cc(C)ccc21. The van der Waals surface area contributed by atoms with E-state index in [1.807, 2.05) is 42.5 Å². The van der Waals surface area contributed by atoms with Crippen LogP contribution in [0, 0.1) is 6.92 Å². The number of nitrogens with zero attached hydrogens (tertiary/aromatic N) is 2. The van der Waals surface area contributed by atoms with Crippen molar-refractivity contribution in [2.75, 3.05) is 13.7 Å². The molecule has 4 nitrogen and oxygen atoms in total. The molecule has 0 aliphatic heterocycles. The fraction of sp³-hybridized carbons (Fsp3) is 0.182. The van der Waals surface area contributed by atoms with E-state index in [2.05, 4.69) is 34.7 Å². The van der Waals surface area contributed by atoms with Crippen LogP contribution >= 0.6 is 11.3 Å². The van der Waals surface area contributed by atoms with Crippen molar-refractivity contribution in [3.8, 4) is 0 Å². The van der Waals surface area contributed by atoms with Gasteiger partial charge in [0, 0.05) is 19.2 Å². The molecule has 1 amide bonds. The van der Waals surface area contributed by atoms with Crippen LogP contribution in [0.3, 0.4) is 0 Å². The van der Waals surface area contributed by atoms with Crippen LogP contribution in [0.5, 0.6) is 0 Å². The van der Waals surface area contributed by atoms with Crippen LogP contribution in [0.4, 0.5) is 0 Å². The van der Waals surface area contributed by atoms with Crippen molar-refractivity contribution >= 4 is 38.2 Å². The molecule has 0 unspecified atom stereocenters. The number of methoxy groups -OCH3 is 1. The summed E-state index contributed by atoms with van der Waals surface area (Å²) in [7, 11) is 1.68. The molecule has 4 rings (SSSR count). The van der Waals surface area contributed by atoms with Crippen LogP contribution in [0.2, 0.25) is 0 Å². The van der Waals surface area contributed by atoms with Crippen molar-refractivity contribution in [3.63, 3.8) is 0 Å². The van der Waals surface area contributed by atoms with Gasteiger partial charge in [0.05, 0.1) is 16.8 Å². The summed E-state index contributed by atoms with van der Waals surface area (Å²) in [5, 5.41) is 2.15. The van der Waals surface area contributed by atoms with E-state index in [0.717, 1.165) is 21.0 Å². The topological polar surface area (TPSA) is 43.6 Å². The summed E-state index contributed by atoms with van der Waals surface area (Å²) in [6.45, 7) is 3.29. The monoisotopic (exact) mass is 376 g/mol. The third kappa shape index (κ3) is 3.56. The molecule has 27 heavy (non-hydrogen) atoms. The summed E-state index contributed by atoms with van der Waals surface area (Å²) in [6.07, 6.45) is 0. The van der Waals surface area contributed by atoms with Crippen LogP contribution < -0.4 is 4.80 Å². The number of hydrogen-bond acceptors (Lipinski definition) is 3. The number of aromatic nitrogens is 1. The van der Waals surface area contributed by atoms with Gasteiger partial charge in [0.2, 0.25) is 0 Å². The summed E-state index contributed by atoms with van der Waals surface area (Å²) in [5.41, 5.74) is 2.86. The minimum atomic E-state index is -0.227. The molecule has 3 aromatic carbocycles. The second kappa shape index (κ2) is 7.47. The third-order valence-electron chi connectivity index (χ3n) is 4.55. The first kappa shape index (κ1) is 17.6. The molecule has 0 fully saturated rings. The molecule has 0 aliphatic rings. The Bertz CT molecular complexity index is 1200. The smallest absolute Gasteiger partial charge is 0.279 e. The summed E-state index contributed by atoms with van der Waals surface area (Å²) in [6, 6.07) is 20.0. The van der Waals surface area contributed by atoms with E-state index in [1.54, 1.807) is 7.11 Å². The molecule has 0 N–H and O–H groups in total. The Labute approximate surface area is 161 Å². The standard InChI is InChI=1S/C22H20N2O2S/c1-15-7-10-19-20(13-15)27-22(24(19)11-12-26-2)23-21(25)18-9-8-16-5-3-4-6-17(16)14-18/h3-10,13-14H,11-12H2,1-2H3. The van der Waals surface area contributed by atoms with Gasteiger partial charge in [0.15, 0.2) is 4.80 Å². The quantitative estimate of drug-likeness (QED) is 0.524. The summed E-state index contributed by atoms with van der Waals surface area (Å²) in [5.74, 6) is -0.227.